The lowest BCUT2D eigenvalue weighted by molar-refractivity contribution is -0.0881. The zero-order valence-corrected chi connectivity index (χ0v) is 21.4. The van der Waals surface area contributed by atoms with Crippen molar-refractivity contribution in [3.8, 4) is 0 Å². The topological polar surface area (TPSA) is 3.24 Å². The average molecular weight is 647 g/mol. The van der Waals surface area contributed by atoms with E-state index in [1.807, 2.05) is 0 Å². The Bertz CT molecular complexity index is 1440. The quantitative estimate of drug-likeness (QED) is 0.0816. The summed E-state index contributed by atoms with van der Waals surface area (Å²) in [5.74, 6) is -53.1. The summed E-state index contributed by atoms with van der Waals surface area (Å²) in [4.78, 5) is -1.21. The molecule has 0 saturated heterocycles. The zero-order chi connectivity index (χ0) is 32.8. The molecule has 238 valence electrons. The van der Waals surface area contributed by atoms with Gasteiger partial charge in [0, 0.05) is 6.54 Å². The summed E-state index contributed by atoms with van der Waals surface area (Å²) in [5.41, 5.74) is -8.98. The van der Waals surface area contributed by atoms with Crippen molar-refractivity contribution in [2.75, 3.05) is 11.4 Å². The molecule has 3 rings (SSSR count). The second kappa shape index (κ2) is 12.3. The molecular formula is C26H17F16N. The SMILES string of the molecule is CCCCCCCCN(c1c(F)c(F)c(F)c(F)c1F)C1(F)C(F)=C(F)C(F)=C(c2c(F)c(F)c(F)c(F)c2F)C1(F)F. The molecule has 0 N–H and O–H groups in total. The number of hydrogen-bond donors (Lipinski definition) is 0. The number of alkyl halides is 3. The maximum atomic E-state index is 16.5. The van der Waals surface area contributed by atoms with Crippen LogP contribution in [0.5, 0.6) is 0 Å². The molecule has 0 aliphatic heterocycles. The van der Waals surface area contributed by atoms with E-state index in [2.05, 4.69) is 0 Å². The lowest BCUT2D eigenvalue weighted by atomic mass is 9.84. The number of halogens is 16. The molecule has 0 bridgehead atoms. The highest BCUT2D eigenvalue weighted by atomic mass is 19.3. The van der Waals surface area contributed by atoms with E-state index in [9.17, 15) is 52.7 Å². The Morgan fingerprint density at radius 1 is 0.488 bits per heavy atom. The summed E-state index contributed by atoms with van der Waals surface area (Å²) >= 11 is 0. The number of benzene rings is 2. The highest BCUT2D eigenvalue weighted by Gasteiger charge is 2.70. The Balaban J connectivity index is 2.38. The molecule has 1 nitrogen and oxygen atoms in total. The van der Waals surface area contributed by atoms with E-state index >= 15 is 17.6 Å². The number of hydrogen-bond acceptors (Lipinski definition) is 1. The normalized spacial score (nSPS) is 18.6. The summed E-state index contributed by atoms with van der Waals surface area (Å²) in [6.45, 7) is 0.130. The Morgan fingerprint density at radius 2 is 0.884 bits per heavy atom. The first-order valence-corrected chi connectivity index (χ1v) is 12.2. The van der Waals surface area contributed by atoms with Gasteiger partial charge in [0.25, 0.3) is 0 Å². The van der Waals surface area contributed by atoms with Gasteiger partial charge >= 0.3 is 11.7 Å². The van der Waals surface area contributed by atoms with E-state index in [0.717, 1.165) is 0 Å². The van der Waals surface area contributed by atoms with E-state index in [1.165, 1.54) is 0 Å². The summed E-state index contributed by atoms with van der Waals surface area (Å²) < 4.78 is 234. The van der Waals surface area contributed by atoms with Gasteiger partial charge in [0.15, 0.2) is 58.2 Å². The molecule has 1 aliphatic rings. The molecule has 0 saturated carbocycles. The van der Waals surface area contributed by atoms with Crippen LogP contribution < -0.4 is 4.90 Å². The van der Waals surface area contributed by atoms with Gasteiger partial charge in [0.2, 0.25) is 17.5 Å². The van der Waals surface area contributed by atoms with Gasteiger partial charge in [-0.1, -0.05) is 39.0 Å². The van der Waals surface area contributed by atoms with Crippen LogP contribution in [0.4, 0.5) is 75.9 Å². The lowest BCUT2D eigenvalue weighted by Crippen LogP contribution is -2.61. The van der Waals surface area contributed by atoms with Crippen LogP contribution in [0.1, 0.15) is 51.0 Å². The molecule has 1 unspecified atom stereocenters. The fourth-order valence-electron chi connectivity index (χ4n) is 4.47. The molecule has 17 heteroatoms. The molecule has 43 heavy (non-hydrogen) atoms. The fraction of sp³-hybridized carbons (Fsp3) is 0.385. The van der Waals surface area contributed by atoms with E-state index < -0.39 is 122 Å². The van der Waals surface area contributed by atoms with E-state index in [0.29, 0.717) is 19.3 Å². The van der Waals surface area contributed by atoms with E-state index in [-0.39, 0.29) is 12.8 Å². The molecular weight excluding hydrogens is 630 g/mol. The van der Waals surface area contributed by atoms with Crippen molar-refractivity contribution in [3.63, 3.8) is 0 Å². The Labute approximate surface area is 232 Å². The summed E-state index contributed by atoms with van der Waals surface area (Å²) in [5, 5.41) is 0. The van der Waals surface area contributed by atoms with Crippen molar-refractivity contribution < 1.29 is 70.2 Å². The first-order valence-electron chi connectivity index (χ1n) is 12.2. The standard InChI is InChI=1S/C26H17F16N/c1-2-3-4-5-6-7-8-43(23-20(36)18(34)17(33)19(35)21(23)37)26(42)24(39)22(38)13(29)10(25(26,40)41)9-11(27)14(30)16(32)15(31)12(9)28/h2-8H2,1H3. The van der Waals surface area contributed by atoms with E-state index in [4.69, 9.17) is 0 Å². The summed E-state index contributed by atoms with van der Waals surface area (Å²) in [7, 11) is 0. The zero-order valence-electron chi connectivity index (χ0n) is 21.4. The maximum absolute atomic E-state index is 16.5. The molecule has 1 atom stereocenters. The minimum absolute atomic E-state index is 0.171. The Hall–Kier alpha value is -3.40. The van der Waals surface area contributed by atoms with Crippen LogP contribution in [0.2, 0.25) is 0 Å². The van der Waals surface area contributed by atoms with Crippen molar-refractivity contribution in [1.29, 1.82) is 0 Å². The number of anilines is 1. The van der Waals surface area contributed by atoms with Crippen molar-refractivity contribution in [2.24, 2.45) is 0 Å². The van der Waals surface area contributed by atoms with Gasteiger partial charge < -0.3 is 4.90 Å². The summed E-state index contributed by atoms with van der Waals surface area (Å²) in [6, 6.07) is 0. The molecule has 2 aromatic rings. The van der Waals surface area contributed by atoms with Crippen LogP contribution in [0.3, 0.4) is 0 Å². The lowest BCUT2D eigenvalue weighted by Gasteiger charge is -2.45. The number of rotatable bonds is 10. The third-order valence-electron chi connectivity index (χ3n) is 6.65. The predicted octanol–water partition coefficient (Wildman–Crippen LogP) is 10.1. The molecule has 0 fully saturated rings. The van der Waals surface area contributed by atoms with Crippen LogP contribution >= 0.6 is 0 Å². The molecule has 1 aliphatic carbocycles. The second-order valence-electron chi connectivity index (χ2n) is 9.30. The summed E-state index contributed by atoms with van der Waals surface area (Å²) in [6.07, 6.45) is 0.969. The number of allylic oxidation sites excluding steroid dienone is 2. The van der Waals surface area contributed by atoms with Crippen LogP contribution in [0, 0.1) is 58.2 Å². The van der Waals surface area contributed by atoms with Gasteiger partial charge in [-0.05, 0) is 6.42 Å². The smallest absolute Gasteiger partial charge is 0.323 e. The fourth-order valence-corrected chi connectivity index (χ4v) is 4.47. The van der Waals surface area contributed by atoms with Crippen molar-refractivity contribution in [1.82, 2.24) is 0 Å². The molecule has 2 aromatic carbocycles. The Kier molecular flexibility index (Phi) is 9.76. The number of unbranched alkanes of at least 4 members (excludes halogenated alkanes) is 5. The maximum Gasteiger partial charge on any atom is 0.335 e. The van der Waals surface area contributed by atoms with Gasteiger partial charge in [-0.25, -0.2) is 61.5 Å². The van der Waals surface area contributed by atoms with E-state index in [1.54, 1.807) is 6.92 Å². The van der Waals surface area contributed by atoms with Gasteiger partial charge in [0.05, 0.1) is 11.1 Å². The van der Waals surface area contributed by atoms with Crippen LogP contribution in [0.25, 0.3) is 5.57 Å². The first-order chi connectivity index (χ1) is 19.9. The highest BCUT2D eigenvalue weighted by molar-refractivity contribution is 5.81. The molecule has 0 radical (unpaired) electrons. The van der Waals surface area contributed by atoms with Gasteiger partial charge in [-0.3, -0.25) is 0 Å². The van der Waals surface area contributed by atoms with Gasteiger partial charge in [0.1, 0.15) is 5.69 Å². The van der Waals surface area contributed by atoms with Gasteiger partial charge in [-0.2, -0.15) is 8.78 Å². The highest BCUT2D eigenvalue weighted by Crippen LogP contribution is 2.58. The minimum Gasteiger partial charge on any atom is -0.323 e. The van der Waals surface area contributed by atoms with Crippen molar-refractivity contribution in [3.05, 3.63) is 81.2 Å². The molecule has 0 heterocycles. The first kappa shape index (κ1) is 34.1. The largest absolute Gasteiger partial charge is 0.335 e. The third kappa shape index (κ3) is 5.21. The molecule has 0 amide bonds. The average Bonchev–Trinajstić information content (AvgIpc) is 2.97. The number of nitrogens with zero attached hydrogens (tertiary/aromatic N) is 1. The monoisotopic (exact) mass is 647 g/mol. The van der Waals surface area contributed by atoms with Crippen molar-refractivity contribution in [2.45, 2.75) is 57.2 Å². The second-order valence-corrected chi connectivity index (χ2v) is 9.30. The van der Waals surface area contributed by atoms with Crippen LogP contribution in [-0.4, -0.2) is 18.3 Å². The minimum atomic E-state index is -6.39. The van der Waals surface area contributed by atoms with Crippen LogP contribution in [-0.2, 0) is 0 Å². The predicted molar refractivity (Wildman–Crippen MR) is 119 cm³/mol. The molecule has 0 aromatic heterocycles. The third-order valence-corrected chi connectivity index (χ3v) is 6.65. The molecule has 0 spiro atoms. The van der Waals surface area contributed by atoms with Crippen molar-refractivity contribution >= 4 is 11.3 Å². The van der Waals surface area contributed by atoms with Crippen LogP contribution in [0.15, 0.2) is 17.5 Å². The van der Waals surface area contributed by atoms with Gasteiger partial charge in [-0.15, -0.1) is 0 Å². The Morgan fingerprint density at radius 3 is 1.35 bits per heavy atom.